The Morgan fingerprint density at radius 2 is 1.95 bits per heavy atom. The summed E-state index contributed by atoms with van der Waals surface area (Å²) in [5.41, 5.74) is 1.23. The molecule has 2 rings (SSSR count). The van der Waals surface area contributed by atoms with Crippen molar-refractivity contribution in [1.82, 2.24) is 0 Å². The van der Waals surface area contributed by atoms with E-state index in [-0.39, 0.29) is 0 Å². The number of alkyl halides is 1. The first kappa shape index (κ1) is 13.8. The number of benzene rings is 2. The third-order valence-corrected chi connectivity index (χ3v) is 3.24. The van der Waals surface area contributed by atoms with Crippen LogP contribution < -0.4 is 4.74 Å². The van der Waals surface area contributed by atoms with Gasteiger partial charge in [-0.05, 0) is 30.2 Å². The third-order valence-electron chi connectivity index (χ3n) is 2.85. The monoisotopic (exact) mass is 282 g/mol. The second kappa shape index (κ2) is 6.02. The first-order valence-electron chi connectivity index (χ1n) is 5.82. The Labute approximate surface area is 115 Å². The maximum absolute atomic E-state index is 13.6. The molecular weight excluding hydrogens is 270 g/mol. The van der Waals surface area contributed by atoms with E-state index in [0.29, 0.717) is 12.0 Å². The van der Waals surface area contributed by atoms with Gasteiger partial charge in [-0.15, -0.1) is 11.6 Å². The van der Waals surface area contributed by atoms with Gasteiger partial charge in [-0.25, -0.2) is 8.78 Å². The summed E-state index contributed by atoms with van der Waals surface area (Å²) in [7, 11) is 1.58. The number of rotatable bonds is 4. The molecule has 19 heavy (non-hydrogen) atoms. The van der Waals surface area contributed by atoms with Crippen LogP contribution in [0, 0.1) is 11.6 Å². The van der Waals surface area contributed by atoms with E-state index < -0.39 is 17.0 Å². The third kappa shape index (κ3) is 3.44. The molecule has 1 nitrogen and oxygen atoms in total. The van der Waals surface area contributed by atoms with Crippen molar-refractivity contribution in [3.8, 4) is 5.75 Å². The predicted molar refractivity (Wildman–Crippen MR) is 71.7 cm³/mol. The van der Waals surface area contributed by atoms with E-state index in [9.17, 15) is 8.78 Å². The fraction of sp³-hybridized carbons (Fsp3) is 0.200. The summed E-state index contributed by atoms with van der Waals surface area (Å²) in [6.45, 7) is 0. The van der Waals surface area contributed by atoms with Crippen LogP contribution in [0.4, 0.5) is 8.78 Å². The van der Waals surface area contributed by atoms with Crippen molar-refractivity contribution in [2.24, 2.45) is 0 Å². The van der Waals surface area contributed by atoms with Crippen LogP contribution in [0.1, 0.15) is 16.5 Å². The lowest BCUT2D eigenvalue weighted by atomic mass is 10.0. The molecule has 0 amide bonds. The highest BCUT2D eigenvalue weighted by molar-refractivity contribution is 6.20. The number of ether oxygens (including phenoxy) is 1. The molecule has 1 atom stereocenters. The highest BCUT2D eigenvalue weighted by atomic mass is 35.5. The minimum absolute atomic E-state index is 0.297. The first-order valence-corrected chi connectivity index (χ1v) is 6.25. The smallest absolute Gasteiger partial charge is 0.130 e. The molecule has 0 N–H and O–H groups in total. The standard InChI is InChI=1S/C15H13ClF2O/c1-19-12-4-2-3-10(7-12)8-14(16)13-6-5-11(17)9-15(13)18/h2-7,9,14H,8H2,1H3. The van der Waals surface area contributed by atoms with E-state index in [0.717, 1.165) is 17.4 Å². The topological polar surface area (TPSA) is 9.23 Å². The van der Waals surface area contributed by atoms with E-state index >= 15 is 0 Å². The van der Waals surface area contributed by atoms with E-state index in [2.05, 4.69) is 0 Å². The first-order chi connectivity index (χ1) is 9.10. The van der Waals surface area contributed by atoms with Crippen LogP contribution in [0.5, 0.6) is 5.75 Å². The number of methoxy groups -OCH3 is 1. The fourth-order valence-corrected chi connectivity index (χ4v) is 2.23. The highest BCUT2D eigenvalue weighted by Gasteiger charge is 2.14. The van der Waals surface area contributed by atoms with E-state index in [4.69, 9.17) is 16.3 Å². The lowest BCUT2D eigenvalue weighted by molar-refractivity contribution is 0.414. The Morgan fingerprint density at radius 3 is 2.63 bits per heavy atom. The predicted octanol–water partition coefficient (Wildman–Crippen LogP) is 4.50. The normalized spacial score (nSPS) is 12.2. The molecule has 0 aliphatic rings. The van der Waals surface area contributed by atoms with Crippen LogP contribution in [0.25, 0.3) is 0 Å². The molecule has 0 bridgehead atoms. The molecule has 1 unspecified atom stereocenters. The Hall–Kier alpha value is -1.61. The minimum Gasteiger partial charge on any atom is -0.497 e. The summed E-state index contributed by atoms with van der Waals surface area (Å²) in [4.78, 5) is 0. The maximum Gasteiger partial charge on any atom is 0.130 e. The summed E-state index contributed by atoms with van der Waals surface area (Å²) in [6.07, 6.45) is 0.446. The second-order valence-corrected chi connectivity index (χ2v) is 4.72. The van der Waals surface area contributed by atoms with Gasteiger partial charge in [0.05, 0.1) is 12.5 Å². The van der Waals surface area contributed by atoms with Gasteiger partial charge in [0.15, 0.2) is 0 Å². The lowest BCUT2D eigenvalue weighted by Gasteiger charge is -2.12. The summed E-state index contributed by atoms with van der Waals surface area (Å²) in [5, 5.41) is -0.548. The molecule has 0 radical (unpaired) electrons. The van der Waals surface area contributed by atoms with Crippen LogP contribution in [0.2, 0.25) is 0 Å². The SMILES string of the molecule is COc1cccc(CC(Cl)c2ccc(F)cc2F)c1. The molecule has 0 fully saturated rings. The minimum atomic E-state index is -0.622. The van der Waals surface area contributed by atoms with Gasteiger partial charge in [-0.2, -0.15) is 0 Å². The molecule has 4 heteroatoms. The van der Waals surface area contributed by atoms with Gasteiger partial charge in [0.25, 0.3) is 0 Å². The number of hydrogen-bond acceptors (Lipinski definition) is 1. The second-order valence-electron chi connectivity index (χ2n) is 4.19. The molecule has 0 aliphatic heterocycles. The molecule has 0 heterocycles. The molecule has 0 aromatic heterocycles. The largest absolute Gasteiger partial charge is 0.497 e. The average Bonchev–Trinajstić information content (AvgIpc) is 2.38. The van der Waals surface area contributed by atoms with Crippen LogP contribution >= 0.6 is 11.6 Å². The summed E-state index contributed by atoms with van der Waals surface area (Å²) in [5.74, 6) is -0.504. The molecule has 0 aliphatic carbocycles. The summed E-state index contributed by atoms with van der Waals surface area (Å²) in [6, 6.07) is 10.8. The molecule has 0 spiro atoms. The van der Waals surface area contributed by atoms with Gasteiger partial charge in [0.1, 0.15) is 17.4 Å². The van der Waals surface area contributed by atoms with Crippen molar-refractivity contribution in [2.45, 2.75) is 11.8 Å². The zero-order valence-electron chi connectivity index (χ0n) is 10.4. The zero-order chi connectivity index (χ0) is 13.8. The van der Waals surface area contributed by atoms with Crippen LogP contribution in [0.3, 0.4) is 0 Å². The Kier molecular flexibility index (Phi) is 4.38. The fourth-order valence-electron chi connectivity index (χ4n) is 1.87. The molecule has 100 valence electrons. The molecule has 2 aromatic carbocycles. The Bertz CT molecular complexity index is 572. The van der Waals surface area contributed by atoms with Gasteiger partial charge in [0, 0.05) is 11.6 Å². The lowest BCUT2D eigenvalue weighted by Crippen LogP contribution is -2.00. The molecule has 2 aromatic rings. The van der Waals surface area contributed by atoms with Gasteiger partial charge in [-0.1, -0.05) is 18.2 Å². The number of hydrogen-bond donors (Lipinski definition) is 0. The van der Waals surface area contributed by atoms with Crippen molar-refractivity contribution >= 4 is 11.6 Å². The Morgan fingerprint density at radius 1 is 1.16 bits per heavy atom. The van der Waals surface area contributed by atoms with Gasteiger partial charge >= 0.3 is 0 Å². The highest BCUT2D eigenvalue weighted by Crippen LogP contribution is 2.28. The van der Waals surface area contributed by atoms with E-state index in [1.54, 1.807) is 7.11 Å². The van der Waals surface area contributed by atoms with Crippen LogP contribution in [-0.4, -0.2) is 7.11 Å². The van der Waals surface area contributed by atoms with Crippen molar-refractivity contribution < 1.29 is 13.5 Å². The van der Waals surface area contributed by atoms with Crippen molar-refractivity contribution in [3.63, 3.8) is 0 Å². The molecular formula is C15H13ClF2O. The summed E-state index contributed by atoms with van der Waals surface area (Å²) >= 11 is 6.19. The quantitative estimate of drug-likeness (QED) is 0.751. The van der Waals surface area contributed by atoms with Crippen LogP contribution in [0.15, 0.2) is 42.5 Å². The number of halogens is 3. The van der Waals surface area contributed by atoms with Crippen molar-refractivity contribution in [1.29, 1.82) is 0 Å². The zero-order valence-corrected chi connectivity index (χ0v) is 11.1. The van der Waals surface area contributed by atoms with Crippen molar-refractivity contribution in [2.75, 3.05) is 7.11 Å². The van der Waals surface area contributed by atoms with Crippen molar-refractivity contribution in [3.05, 3.63) is 65.2 Å². The van der Waals surface area contributed by atoms with Gasteiger partial charge < -0.3 is 4.74 Å². The summed E-state index contributed by atoms with van der Waals surface area (Å²) < 4.78 is 31.6. The maximum atomic E-state index is 13.6. The van der Waals surface area contributed by atoms with E-state index in [1.807, 2.05) is 24.3 Å². The molecule has 0 saturated heterocycles. The van der Waals surface area contributed by atoms with Crippen LogP contribution in [-0.2, 0) is 6.42 Å². The molecule has 0 saturated carbocycles. The average molecular weight is 283 g/mol. The Balaban J connectivity index is 2.17. The van der Waals surface area contributed by atoms with Gasteiger partial charge in [-0.3, -0.25) is 0 Å². The van der Waals surface area contributed by atoms with Gasteiger partial charge in [0.2, 0.25) is 0 Å². The van der Waals surface area contributed by atoms with E-state index in [1.165, 1.54) is 12.1 Å².